The van der Waals surface area contributed by atoms with E-state index in [2.05, 4.69) is 14.8 Å². The number of hydrogen-bond acceptors (Lipinski definition) is 7. The van der Waals surface area contributed by atoms with Gasteiger partial charge in [0, 0.05) is 30.7 Å². The van der Waals surface area contributed by atoms with Crippen molar-refractivity contribution in [2.24, 2.45) is 0 Å². The Labute approximate surface area is 231 Å². The number of esters is 1. The lowest BCUT2D eigenvalue weighted by atomic mass is 10.0. The highest BCUT2D eigenvalue weighted by atomic mass is 35.5. The van der Waals surface area contributed by atoms with E-state index in [1.165, 1.54) is 24.1 Å². The van der Waals surface area contributed by atoms with Crippen molar-refractivity contribution in [1.82, 2.24) is 19.8 Å². The molecule has 0 aromatic heterocycles. The van der Waals surface area contributed by atoms with Gasteiger partial charge in [0.2, 0.25) is 27.7 Å². The van der Waals surface area contributed by atoms with Gasteiger partial charge >= 0.3 is 5.97 Å². The number of nitrogens with one attached hydrogen (secondary N) is 2. The Morgan fingerprint density at radius 2 is 1.82 bits per heavy atom. The van der Waals surface area contributed by atoms with Gasteiger partial charge in [0.15, 0.2) is 0 Å². The van der Waals surface area contributed by atoms with Crippen LogP contribution in [0.3, 0.4) is 0 Å². The number of benzene rings is 2. The van der Waals surface area contributed by atoms with Crippen LogP contribution in [0.4, 0.5) is 0 Å². The van der Waals surface area contributed by atoms with Crippen LogP contribution in [0.25, 0.3) is 10.8 Å². The van der Waals surface area contributed by atoms with Crippen molar-refractivity contribution >= 4 is 56.1 Å². The van der Waals surface area contributed by atoms with Crippen LogP contribution >= 0.6 is 11.6 Å². The molecule has 11 nitrogen and oxygen atoms in total. The van der Waals surface area contributed by atoms with Gasteiger partial charge in [-0.1, -0.05) is 23.7 Å². The summed E-state index contributed by atoms with van der Waals surface area (Å²) in [4.78, 5) is 52.8. The predicted octanol–water partition coefficient (Wildman–Crippen LogP) is 1.43. The first-order chi connectivity index (χ1) is 18.5. The van der Waals surface area contributed by atoms with Gasteiger partial charge in [0.25, 0.3) is 0 Å². The minimum Gasteiger partial charge on any atom is -0.469 e. The summed E-state index contributed by atoms with van der Waals surface area (Å²) in [6.07, 6.45) is 1.13. The molecule has 0 aliphatic carbocycles. The first-order valence-electron chi connectivity index (χ1n) is 12.7. The Morgan fingerprint density at radius 3 is 2.56 bits per heavy atom. The van der Waals surface area contributed by atoms with Gasteiger partial charge in [-0.2, -0.15) is 4.72 Å². The topological polar surface area (TPSA) is 142 Å². The van der Waals surface area contributed by atoms with Crippen molar-refractivity contribution in [2.45, 2.75) is 55.6 Å². The Bertz CT molecular complexity index is 1400. The molecule has 2 heterocycles. The second kappa shape index (κ2) is 11.9. The number of halogens is 1. The number of methoxy groups -OCH3 is 1. The standard InChI is InChI=1S/C26H31ClN4O7S/c1-16(25(34)30-10-3-4-20(15-30)28-23(32)14-24(33)38-2)31-11-9-22(26(31)35)29-39(36,37)21-8-6-17-12-19(27)7-5-18(17)13-21/h5-8,12-13,16,20,22,29H,3-4,9-11,14-15H2,1-2H3,(H,28,32)/t16-,20+,22-/m0/s1. The molecule has 210 valence electrons. The number of carbonyl (C=O) groups excluding carboxylic acids is 4. The van der Waals surface area contributed by atoms with Crippen LogP contribution in [-0.4, -0.2) is 86.8 Å². The van der Waals surface area contributed by atoms with E-state index >= 15 is 0 Å². The van der Waals surface area contributed by atoms with Gasteiger partial charge in [-0.25, -0.2) is 8.42 Å². The number of fused-ring (bicyclic) bond motifs is 1. The lowest BCUT2D eigenvalue weighted by molar-refractivity contribution is -0.145. The van der Waals surface area contributed by atoms with E-state index in [4.69, 9.17) is 11.6 Å². The summed E-state index contributed by atoms with van der Waals surface area (Å²) in [5.41, 5.74) is 0. The Kier molecular flexibility index (Phi) is 8.77. The summed E-state index contributed by atoms with van der Waals surface area (Å²) in [6, 6.07) is 7.66. The summed E-state index contributed by atoms with van der Waals surface area (Å²) < 4.78 is 33.1. The maximum Gasteiger partial charge on any atom is 0.315 e. The highest BCUT2D eigenvalue weighted by Crippen LogP contribution is 2.24. The van der Waals surface area contributed by atoms with Crippen LogP contribution in [0.15, 0.2) is 41.3 Å². The molecule has 0 spiro atoms. The van der Waals surface area contributed by atoms with Crippen LogP contribution in [0.2, 0.25) is 5.02 Å². The van der Waals surface area contributed by atoms with E-state index < -0.39 is 46.3 Å². The van der Waals surface area contributed by atoms with E-state index in [0.29, 0.717) is 29.8 Å². The van der Waals surface area contributed by atoms with Crippen molar-refractivity contribution in [1.29, 1.82) is 0 Å². The van der Waals surface area contributed by atoms with Gasteiger partial charge in [0.05, 0.1) is 12.0 Å². The van der Waals surface area contributed by atoms with Crippen molar-refractivity contribution in [3.05, 3.63) is 41.4 Å². The molecular weight excluding hydrogens is 548 g/mol. The third kappa shape index (κ3) is 6.68. The maximum atomic E-state index is 13.2. The number of carbonyl (C=O) groups is 4. The summed E-state index contributed by atoms with van der Waals surface area (Å²) in [7, 11) is -2.79. The van der Waals surface area contributed by atoms with E-state index in [9.17, 15) is 27.6 Å². The fourth-order valence-electron chi connectivity index (χ4n) is 4.99. The summed E-state index contributed by atoms with van der Waals surface area (Å²) in [6.45, 7) is 2.56. The lowest BCUT2D eigenvalue weighted by Gasteiger charge is -2.36. The Morgan fingerprint density at radius 1 is 1.10 bits per heavy atom. The van der Waals surface area contributed by atoms with Crippen LogP contribution in [0, 0.1) is 0 Å². The summed E-state index contributed by atoms with van der Waals surface area (Å²) in [5, 5.41) is 4.78. The van der Waals surface area contributed by atoms with Gasteiger partial charge < -0.3 is 19.9 Å². The molecule has 0 bridgehead atoms. The fraction of sp³-hybridized carbons (Fsp3) is 0.462. The highest BCUT2D eigenvalue weighted by Gasteiger charge is 2.40. The van der Waals surface area contributed by atoms with E-state index in [1.54, 1.807) is 36.1 Å². The lowest BCUT2D eigenvalue weighted by Crippen LogP contribution is -2.55. The molecule has 0 radical (unpaired) electrons. The van der Waals surface area contributed by atoms with Crippen molar-refractivity contribution in [3.8, 4) is 0 Å². The molecule has 13 heteroatoms. The zero-order valence-electron chi connectivity index (χ0n) is 21.7. The monoisotopic (exact) mass is 578 g/mol. The molecule has 3 amide bonds. The normalized spacial score (nSPS) is 20.6. The van der Waals surface area contributed by atoms with Crippen LogP contribution in [0.5, 0.6) is 0 Å². The van der Waals surface area contributed by atoms with Crippen molar-refractivity contribution in [3.63, 3.8) is 0 Å². The molecule has 2 saturated heterocycles. The molecular formula is C26H31ClN4O7S. The molecule has 2 N–H and O–H groups in total. The minimum atomic E-state index is -4.00. The molecule has 0 unspecified atom stereocenters. The molecule has 39 heavy (non-hydrogen) atoms. The SMILES string of the molecule is COC(=O)CC(=O)N[C@@H]1CCCN(C(=O)[C@H](C)N2CC[C@H](NS(=O)(=O)c3ccc4cc(Cl)ccc4c3)C2=O)C1. The predicted molar refractivity (Wildman–Crippen MR) is 143 cm³/mol. The number of amides is 3. The smallest absolute Gasteiger partial charge is 0.315 e. The largest absolute Gasteiger partial charge is 0.469 e. The van der Waals surface area contributed by atoms with E-state index in [0.717, 1.165) is 5.39 Å². The molecule has 0 saturated carbocycles. The molecule has 2 aromatic rings. The number of sulfonamides is 1. The summed E-state index contributed by atoms with van der Waals surface area (Å²) in [5.74, 6) is -1.87. The van der Waals surface area contributed by atoms with Crippen molar-refractivity contribution in [2.75, 3.05) is 26.7 Å². The Hall–Kier alpha value is -3.22. The minimum absolute atomic E-state index is 0.0290. The third-order valence-electron chi connectivity index (χ3n) is 7.08. The second-order valence-corrected chi connectivity index (χ2v) is 11.9. The van der Waals surface area contributed by atoms with Gasteiger partial charge in [-0.15, -0.1) is 0 Å². The van der Waals surface area contributed by atoms with Gasteiger partial charge in [-0.3, -0.25) is 19.2 Å². The number of nitrogens with zero attached hydrogens (tertiary/aromatic N) is 2. The highest BCUT2D eigenvalue weighted by molar-refractivity contribution is 7.89. The molecule has 2 fully saturated rings. The number of ether oxygens (including phenoxy) is 1. The fourth-order valence-corrected chi connectivity index (χ4v) is 6.43. The zero-order valence-corrected chi connectivity index (χ0v) is 23.3. The molecule has 2 aromatic carbocycles. The first-order valence-corrected chi connectivity index (χ1v) is 14.5. The number of likely N-dealkylation sites (tertiary alicyclic amines) is 2. The van der Waals surface area contributed by atoms with E-state index in [-0.39, 0.29) is 36.4 Å². The first kappa shape index (κ1) is 28.8. The van der Waals surface area contributed by atoms with Crippen LogP contribution < -0.4 is 10.0 Å². The average Bonchev–Trinajstić information content (AvgIpc) is 3.26. The van der Waals surface area contributed by atoms with Gasteiger partial charge in [0.1, 0.15) is 18.5 Å². The third-order valence-corrected chi connectivity index (χ3v) is 8.78. The number of rotatable bonds is 8. The number of hydrogen-bond donors (Lipinski definition) is 2. The van der Waals surface area contributed by atoms with Crippen molar-refractivity contribution < 1.29 is 32.3 Å². The quantitative estimate of drug-likeness (QED) is 0.356. The number of piperidine rings is 1. The molecule has 2 aliphatic rings. The Balaban J connectivity index is 1.36. The molecule has 2 aliphatic heterocycles. The summed E-state index contributed by atoms with van der Waals surface area (Å²) >= 11 is 6.01. The van der Waals surface area contributed by atoms with Crippen LogP contribution in [0.1, 0.15) is 32.6 Å². The molecule has 4 rings (SSSR count). The van der Waals surface area contributed by atoms with E-state index in [1.807, 2.05) is 0 Å². The second-order valence-electron chi connectivity index (χ2n) is 9.77. The van der Waals surface area contributed by atoms with Crippen LogP contribution in [-0.2, 0) is 33.9 Å². The molecule has 3 atom stereocenters. The maximum absolute atomic E-state index is 13.2. The van der Waals surface area contributed by atoms with Gasteiger partial charge in [-0.05, 0) is 61.2 Å². The average molecular weight is 579 g/mol. The zero-order chi connectivity index (χ0) is 28.3.